The fourth-order valence-electron chi connectivity index (χ4n) is 0.827. The Morgan fingerprint density at radius 2 is 2.15 bits per heavy atom. The van der Waals surface area contributed by atoms with Crippen molar-refractivity contribution in [1.82, 2.24) is 4.57 Å². The molecule has 0 saturated heterocycles. The molecule has 0 spiro atoms. The summed E-state index contributed by atoms with van der Waals surface area (Å²) in [6.07, 6.45) is 2.17. The molecule has 0 aliphatic heterocycles. The number of aromatic nitrogens is 1. The molecular formula is C7H6ClNO4. The van der Waals surface area contributed by atoms with Crippen molar-refractivity contribution in [1.29, 1.82) is 0 Å². The van der Waals surface area contributed by atoms with E-state index in [0.717, 1.165) is 17.0 Å². The molecule has 1 aromatic rings. The number of rotatable bonds is 2. The summed E-state index contributed by atoms with van der Waals surface area (Å²) in [5, 5.41) is 17.2. The van der Waals surface area contributed by atoms with Crippen molar-refractivity contribution >= 4 is 17.6 Å². The van der Waals surface area contributed by atoms with Gasteiger partial charge in [0, 0.05) is 6.20 Å². The van der Waals surface area contributed by atoms with Gasteiger partial charge in [-0.15, -0.1) is 0 Å². The predicted molar refractivity (Wildman–Crippen MR) is 45.0 cm³/mol. The monoisotopic (exact) mass is 203 g/mol. The zero-order valence-electron chi connectivity index (χ0n) is 6.40. The van der Waals surface area contributed by atoms with Crippen molar-refractivity contribution in [2.75, 3.05) is 0 Å². The molecule has 0 fully saturated rings. The molecule has 0 aromatic carbocycles. The van der Waals surface area contributed by atoms with E-state index in [9.17, 15) is 9.59 Å². The van der Waals surface area contributed by atoms with E-state index in [0.29, 0.717) is 0 Å². The predicted octanol–water partition coefficient (Wildman–Crippen LogP) is 0.292. The Morgan fingerprint density at radius 1 is 1.54 bits per heavy atom. The molecular weight excluding hydrogens is 198 g/mol. The van der Waals surface area contributed by atoms with Gasteiger partial charge < -0.3 is 14.8 Å². The molecule has 0 aliphatic carbocycles. The highest BCUT2D eigenvalue weighted by molar-refractivity contribution is 6.30. The van der Waals surface area contributed by atoms with Gasteiger partial charge in [-0.05, 0) is 0 Å². The molecule has 0 aliphatic rings. The highest BCUT2D eigenvalue weighted by Gasteiger charge is 2.05. The van der Waals surface area contributed by atoms with E-state index in [1.54, 1.807) is 0 Å². The standard InChI is InChI=1S/C7H6ClNO4/c8-4-1-9(3-6(11)12)2-5(10)7(4)13/h1-2,10H,3H2,(H,11,12). The lowest BCUT2D eigenvalue weighted by Crippen LogP contribution is -2.12. The van der Waals surface area contributed by atoms with Crippen molar-refractivity contribution in [3.05, 3.63) is 27.6 Å². The Hall–Kier alpha value is -1.49. The van der Waals surface area contributed by atoms with Gasteiger partial charge >= 0.3 is 5.97 Å². The lowest BCUT2D eigenvalue weighted by molar-refractivity contribution is -0.137. The molecule has 0 bridgehead atoms. The summed E-state index contributed by atoms with van der Waals surface area (Å²) in [5.74, 6) is -1.65. The van der Waals surface area contributed by atoms with Gasteiger partial charge in [0.15, 0.2) is 5.75 Å². The van der Waals surface area contributed by atoms with Crippen LogP contribution in [0.3, 0.4) is 0 Å². The molecule has 6 heteroatoms. The van der Waals surface area contributed by atoms with Gasteiger partial charge in [0.2, 0.25) is 5.43 Å². The first kappa shape index (κ1) is 9.60. The summed E-state index contributed by atoms with van der Waals surface area (Å²) in [4.78, 5) is 21.1. The second kappa shape index (κ2) is 3.49. The zero-order valence-corrected chi connectivity index (χ0v) is 7.15. The van der Waals surface area contributed by atoms with E-state index in [1.165, 1.54) is 0 Å². The number of halogens is 1. The number of nitrogens with zero attached hydrogens (tertiary/aromatic N) is 1. The highest BCUT2D eigenvalue weighted by Crippen LogP contribution is 2.07. The molecule has 70 valence electrons. The Morgan fingerprint density at radius 3 is 2.62 bits per heavy atom. The topological polar surface area (TPSA) is 79.5 Å². The molecule has 1 rings (SSSR count). The first-order valence-corrected chi connectivity index (χ1v) is 3.69. The first-order valence-electron chi connectivity index (χ1n) is 3.31. The van der Waals surface area contributed by atoms with Crippen molar-refractivity contribution in [3.8, 4) is 5.75 Å². The van der Waals surface area contributed by atoms with Crippen LogP contribution in [0.25, 0.3) is 0 Å². The molecule has 5 nitrogen and oxygen atoms in total. The largest absolute Gasteiger partial charge is 0.503 e. The molecule has 13 heavy (non-hydrogen) atoms. The minimum absolute atomic E-state index is 0.207. The second-order valence-electron chi connectivity index (χ2n) is 2.39. The normalized spacial score (nSPS) is 9.92. The maximum Gasteiger partial charge on any atom is 0.323 e. The number of carboxylic acid groups (broad SMARTS) is 1. The highest BCUT2D eigenvalue weighted by atomic mass is 35.5. The van der Waals surface area contributed by atoms with Gasteiger partial charge in [-0.1, -0.05) is 11.6 Å². The fourth-order valence-corrected chi connectivity index (χ4v) is 1.05. The van der Waals surface area contributed by atoms with Crippen LogP contribution in [0, 0.1) is 0 Å². The van der Waals surface area contributed by atoms with Crippen LogP contribution < -0.4 is 5.43 Å². The maximum absolute atomic E-state index is 10.9. The van der Waals surface area contributed by atoms with Gasteiger partial charge in [-0.3, -0.25) is 9.59 Å². The van der Waals surface area contributed by atoms with E-state index in [4.69, 9.17) is 21.8 Å². The van der Waals surface area contributed by atoms with Crippen LogP contribution in [0.5, 0.6) is 5.75 Å². The number of pyridine rings is 1. The molecule has 0 amide bonds. The molecule has 1 aromatic heterocycles. The van der Waals surface area contributed by atoms with Gasteiger partial charge in [-0.2, -0.15) is 0 Å². The maximum atomic E-state index is 10.9. The van der Waals surface area contributed by atoms with Crippen LogP contribution >= 0.6 is 11.6 Å². The summed E-state index contributed by atoms with van der Waals surface area (Å²) >= 11 is 5.42. The van der Waals surface area contributed by atoms with Crippen molar-refractivity contribution in [3.63, 3.8) is 0 Å². The van der Waals surface area contributed by atoms with Crippen LogP contribution in [0.15, 0.2) is 17.2 Å². The average Bonchev–Trinajstić information content (AvgIpc) is 1.98. The third kappa shape index (κ3) is 2.22. The SMILES string of the molecule is O=C(O)Cn1cc(O)c(=O)c(Cl)c1. The Labute approximate surface area is 77.8 Å². The Bertz CT molecular complexity index is 372. The third-order valence-electron chi connectivity index (χ3n) is 1.33. The summed E-state index contributed by atoms with van der Waals surface area (Å²) < 4.78 is 1.11. The van der Waals surface area contributed by atoms with Crippen LogP contribution in [0.2, 0.25) is 5.02 Å². The van der Waals surface area contributed by atoms with Crippen molar-refractivity contribution in [2.45, 2.75) is 6.54 Å². The molecule has 2 N–H and O–H groups in total. The van der Waals surface area contributed by atoms with E-state index in [-0.39, 0.29) is 11.6 Å². The fraction of sp³-hybridized carbons (Fsp3) is 0.143. The molecule has 1 heterocycles. The van der Waals surface area contributed by atoms with Crippen molar-refractivity contribution < 1.29 is 15.0 Å². The molecule has 0 radical (unpaired) electrons. The quantitative estimate of drug-likeness (QED) is 0.724. The van der Waals surface area contributed by atoms with Gasteiger partial charge in [0.05, 0.1) is 6.20 Å². The lowest BCUT2D eigenvalue weighted by atomic mass is 10.4. The van der Waals surface area contributed by atoms with E-state index in [1.807, 2.05) is 0 Å². The van der Waals surface area contributed by atoms with E-state index < -0.39 is 17.1 Å². The average molecular weight is 204 g/mol. The molecule has 0 atom stereocenters. The van der Waals surface area contributed by atoms with Gasteiger partial charge in [-0.25, -0.2) is 0 Å². The second-order valence-corrected chi connectivity index (χ2v) is 2.79. The number of hydrogen-bond donors (Lipinski definition) is 2. The smallest absolute Gasteiger partial charge is 0.323 e. The van der Waals surface area contributed by atoms with E-state index in [2.05, 4.69) is 0 Å². The van der Waals surface area contributed by atoms with Crippen LogP contribution in [-0.4, -0.2) is 20.7 Å². The zero-order chi connectivity index (χ0) is 10.0. The minimum atomic E-state index is -1.08. The summed E-state index contributed by atoms with van der Waals surface area (Å²) in [6, 6.07) is 0. The lowest BCUT2D eigenvalue weighted by Gasteiger charge is -2.03. The summed E-state index contributed by atoms with van der Waals surface area (Å²) in [7, 11) is 0. The van der Waals surface area contributed by atoms with Crippen LogP contribution in [0.4, 0.5) is 0 Å². The molecule has 0 unspecified atom stereocenters. The Balaban J connectivity index is 3.13. The third-order valence-corrected chi connectivity index (χ3v) is 1.60. The van der Waals surface area contributed by atoms with E-state index >= 15 is 0 Å². The summed E-state index contributed by atoms with van der Waals surface area (Å²) in [5.41, 5.74) is -0.705. The van der Waals surface area contributed by atoms with Crippen LogP contribution in [0.1, 0.15) is 0 Å². The molecule has 0 saturated carbocycles. The number of aliphatic carboxylic acids is 1. The number of carbonyl (C=O) groups is 1. The van der Waals surface area contributed by atoms with Gasteiger partial charge in [0.25, 0.3) is 0 Å². The number of aromatic hydroxyl groups is 1. The number of carboxylic acids is 1. The minimum Gasteiger partial charge on any atom is -0.503 e. The Kier molecular flexibility index (Phi) is 2.57. The number of hydrogen-bond acceptors (Lipinski definition) is 3. The van der Waals surface area contributed by atoms with Crippen LogP contribution in [-0.2, 0) is 11.3 Å². The van der Waals surface area contributed by atoms with Crippen molar-refractivity contribution in [2.24, 2.45) is 0 Å². The summed E-state index contributed by atoms with van der Waals surface area (Å²) in [6.45, 7) is -0.354. The van der Waals surface area contributed by atoms with Gasteiger partial charge in [0.1, 0.15) is 11.6 Å². The first-order chi connectivity index (χ1) is 6.00.